The van der Waals surface area contributed by atoms with Gasteiger partial charge in [0.25, 0.3) is 5.92 Å². The van der Waals surface area contributed by atoms with E-state index in [4.69, 9.17) is 0 Å². The molecule has 1 aromatic carbocycles. The second-order valence-corrected chi connectivity index (χ2v) is 5.55. The van der Waals surface area contributed by atoms with Crippen molar-refractivity contribution in [2.24, 2.45) is 0 Å². The van der Waals surface area contributed by atoms with Crippen LogP contribution in [0.5, 0.6) is 0 Å². The number of nitrogens with one attached hydrogen (secondary N) is 2. The fourth-order valence-corrected chi connectivity index (χ4v) is 2.50. The van der Waals surface area contributed by atoms with Crippen molar-refractivity contribution >= 4 is 24.0 Å². The van der Waals surface area contributed by atoms with Crippen molar-refractivity contribution in [1.82, 2.24) is 15.3 Å². The summed E-state index contributed by atoms with van der Waals surface area (Å²) in [5, 5.41) is 5.21. The largest absolute Gasteiger partial charge is 0.325 e. The lowest BCUT2D eigenvalue weighted by molar-refractivity contribution is -0.118. The van der Waals surface area contributed by atoms with Gasteiger partial charge in [-0.2, -0.15) is 0 Å². The molecule has 1 unspecified atom stereocenters. The van der Waals surface area contributed by atoms with E-state index in [-0.39, 0.29) is 12.4 Å². The van der Waals surface area contributed by atoms with Crippen LogP contribution in [0.1, 0.15) is 12.2 Å². The molecule has 0 bridgehead atoms. The van der Waals surface area contributed by atoms with E-state index in [1.807, 2.05) is 6.07 Å². The third kappa shape index (κ3) is 4.24. The van der Waals surface area contributed by atoms with Gasteiger partial charge in [-0.25, -0.2) is 18.7 Å². The highest BCUT2D eigenvalue weighted by Crippen LogP contribution is 2.26. The lowest BCUT2D eigenvalue weighted by atomic mass is 10.1. The van der Waals surface area contributed by atoms with Crippen molar-refractivity contribution in [3.8, 4) is 11.3 Å². The molecule has 0 aliphatic carbocycles. The highest BCUT2D eigenvalue weighted by atomic mass is 35.5. The number of aromatic nitrogens is 2. The third-order valence-electron chi connectivity index (χ3n) is 3.63. The average Bonchev–Trinajstić information content (AvgIpc) is 2.88. The van der Waals surface area contributed by atoms with E-state index >= 15 is 0 Å². The van der Waals surface area contributed by atoms with Crippen LogP contribution >= 0.6 is 12.4 Å². The zero-order valence-electron chi connectivity index (χ0n) is 12.9. The summed E-state index contributed by atoms with van der Waals surface area (Å²) in [5.74, 6) is -2.64. The summed E-state index contributed by atoms with van der Waals surface area (Å²) >= 11 is 0. The minimum absolute atomic E-state index is 0. The first-order valence-electron chi connectivity index (χ1n) is 7.25. The number of nitrogens with zero attached hydrogens (tertiary/aromatic N) is 2. The zero-order chi connectivity index (χ0) is 16.4. The number of aryl methyl sites for hydroxylation is 1. The van der Waals surface area contributed by atoms with Crippen molar-refractivity contribution in [2.75, 3.05) is 11.9 Å². The van der Waals surface area contributed by atoms with Gasteiger partial charge in [0, 0.05) is 23.9 Å². The molecule has 3 rings (SSSR count). The molecular formula is C16H17ClF2N4O. The highest BCUT2D eigenvalue weighted by Gasteiger charge is 2.42. The molecule has 128 valence electrons. The van der Waals surface area contributed by atoms with Crippen LogP contribution in [0.3, 0.4) is 0 Å². The predicted octanol–water partition coefficient (Wildman–Crippen LogP) is 2.81. The van der Waals surface area contributed by atoms with Gasteiger partial charge in [-0.1, -0.05) is 12.1 Å². The summed E-state index contributed by atoms with van der Waals surface area (Å²) in [6.45, 7) is 1.33. The van der Waals surface area contributed by atoms with Crippen LogP contribution < -0.4 is 10.6 Å². The maximum atomic E-state index is 13.2. The average molecular weight is 355 g/mol. The van der Waals surface area contributed by atoms with E-state index in [9.17, 15) is 13.6 Å². The molecule has 1 aliphatic rings. The summed E-state index contributed by atoms with van der Waals surface area (Å²) < 4.78 is 26.3. The fraction of sp³-hybridized carbons (Fsp3) is 0.312. The maximum Gasteiger partial charge on any atom is 0.262 e. The lowest BCUT2D eigenvalue weighted by Crippen LogP contribution is -2.35. The molecule has 2 heterocycles. The van der Waals surface area contributed by atoms with E-state index in [0.717, 1.165) is 11.3 Å². The molecule has 1 amide bonds. The van der Waals surface area contributed by atoms with Crippen molar-refractivity contribution in [2.45, 2.75) is 25.3 Å². The third-order valence-corrected chi connectivity index (χ3v) is 3.63. The van der Waals surface area contributed by atoms with Crippen LogP contribution in [-0.2, 0) is 4.79 Å². The summed E-state index contributed by atoms with van der Waals surface area (Å²) in [4.78, 5) is 20.4. The quantitative estimate of drug-likeness (QED) is 0.889. The van der Waals surface area contributed by atoms with Gasteiger partial charge in [0.2, 0.25) is 5.91 Å². The minimum Gasteiger partial charge on any atom is -0.325 e. The number of benzene rings is 1. The van der Waals surface area contributed by atoms with Crippen LogP contribution in [-0.4, -0.2) is 34.4 Å². The van der Waals surface area contributed by atoms with E-state index < -0.39 is 30.8 Å². The molecule has 1 fully saturated rings. The number of amides is 1. The molecule has 8 heteroatoms. The Bertz CT molecular complexity index is 742. The van der Waals surface area contributed by atoms with Gasteiger partial charge in [0.15, 0.2) is 0 Å². The SMILES string of the molecule is Cc1nccc(-c2cccc(NC(=O)C3CC(F)(F)CN3)c2)n1.Cl. The second kappa shape index (κ2) is 7.19. The Morgan fingerprint density at radius 3 is 2.83 bits per heavy atom. The molecule has 2 N–H and O–H groups in total. The first-order chi connectivity index (χ1) is 10.9. The summed E-state index contributed by atoms with van der Waals surface area (Å²) in [7, 11) is 0. The van der Waals surface area contributed by atoms with Crippen LogP contribution in [0.15, 0.2) is 36.5 Å². The number of carbonyl (C=O) groups is 1. The van der Waals surface area contributed by atoms with Crippen LogP contribution in [0.25, 0.3) is 11.3 Å². The van der Waals surface area contributed by atoms with Crippen LogP contribution in [0.2, 0.25) is 0 Å². The molecule has 5 nitrogen and oxygen atoms in total. The Hall–Kier alpha value is -2.12. The normalized spacial score (nSPS) is 18.7. The first-order valence-corrected chi connectivity index (χ1v) is 7.25. The van der Waals surface area contributed by atoms with E-state index in [1.54, 1.807) is 37.4 Å². The van der Waals surface area contributed by atoms with Gasteiger partial charge in [-0.3, -0.25) is 10.1 Å². The number of rotatable bonds is 3. The number of anilines is 1. The van der Waals surface area contributed by atoms with Crippen molar-refractivity contribution in [1.29, 1.82) is 0 Å². The van der Waals surface area contributed by atoms with Gasteiger partial charge in [0.05, 0.1) is 18.3 Å². The summed E-state index contributed by atoms with van der Waals surface area (Å²) in [6.07, 6.45) is 1.18. The van der Waals surface area contributed by atoms with Crippen LogP contribution in [0.4, 0.5) is 14.5 Å². The Balaban J connectivity index is 0.00000208. The van der Waals surface area contributed by atoms with Gasteiger partial charge in [-0.15, -0.1) is 12.4 Å². The first kappa shape index (κ1) is 18.2. The Kier molecular flexibility index (Phi) is 5.46. The molecule has 0 saturated carbocycles. The Morgan fingerprint density at radius 2 is 2.17 bits per heavy atom. The Morgan fingerprint density at radius 1 is 1.38 bits per heavy atom. The molecular weight excluding hydrogens is 338 g/mol. The summed E-state index contributed by atoms with van der Waals surface area (Å²) in [5.41, 5.74) is 2.10. The van der Waals surface area contributed by atoms with Gasteiger partial charge >= 0.3 is 0 Å². The second-order valence-electron chi connectivity index (χ2n) is 5.55. The van der Waals surface area contributed by atoms with Gasteiger partial charge < -0.3 is 5.32 Å². The number of carbonyl (C=O) groups excluding carboxylic acids is 1. The lowest BCUT2D eigenvalue weighted by Gasteiger charge is -2.12. The molecule has 1 aromatic heterocycles. The standard InChI is InChI=1S/C16H16F2N4O.ClH/c1-10-19-6-5-13(21-10)11-3-2-4-12(7-11)22-15(23)14-8-16(17,18)9-20-14;/h2-7,14,20H,8-9H2,1H3,(H,22,23);1H. The number of halogens is 3. The topological polar surface area (TPSA) is 66.9 Å². The number of alkyl halides is 2. The molecule has 1 atom stereocenters. The molecule has 0 spiro atoms. The Labute approximate surface area is 144 Å². The monoisotopic (exact) mass is 354 g/mol. The molecule has 2 aromatic rings. The fourth-order valence-electron chi connectivity index (χ4n) is 2.50. The summed E-state index contributed by atoms with van der Waals surface area (Å²) in [6, 6.07) is 8.00. The minimum atomic E-state index is -2.83. The van der Waals surface area contributed by atoms with E-state index in [2.05, 4.69) is 20.6 Å². The number of hydrogen-bond acceptors (Lipinski definition) is 4. The van der Waals surface area contributed by atoms with E-state index in [0.29, 0.717) is 11.5 Å². The van der Waals surface area contributed by atoms with E-state index in [1.165, 1.54) is 0 Å². The molecule has 0 radical (unpaired) electrons. The van der Waals surface area contributed by atoms with Crippen molar-refractivity contribution < 1.29 is 13.6 Å². The van der Waals surface area contributed by atoms with Gasteiger partial charge in [0.1, 0.15) is 5.82 Å². The van der Waals surface area contributed by atoms with Crippen molar-refractivity contribution in [3.05, 3.63) is 42.4 Å². The molecule has 1 saturated heterocycles. The number of hydrogen-bond donors (Lipinski definition) is 2. The predicted molar refractivity (Wildman–Crippen MR) is 89.4 cm³/mol. The molecule has 24 heavy (non-hydrogen) atoms. The zero-order valence-corrected chi connectivity index (χ0v) is 13.7. The van der Waals surface area contributed by atoms with Gasteiger partial charge in [-0.05, 0) is 25.1 Å². The van der Waals surface area contributed by atoms with Crippen molar-refractivity contribution in [3.63, 3.8) is 0 Å². The smallest absolute Gasteiger partial charge is 0.262 e. The van der Waals surface area contributed by atoms with Crippen LogP contribution in [0, 0.1) is 6.92 Å². The molecule has 1 aliphatic heterocycles. The maximum absolute atomic E-state index is 13.2. The highest BCUT2D eigenvalue weighted by molar-refractivity contribution is 5.95.